The molecule has 1 saturated carbocycles. The van der Waals surface area contributed by atoms with Gasteiger partial charge in [-0.15, -0.1) is 11.8 Å². The lowest BCUT2D eigenvalue weighted by molar-refractivity contribution is 0.386. The summed E-state index contributed by atoms with van der Waals surface area (Å²) in [5.41, 5.74) is -0.305. The van der Waals surface area contributed by atoms with Gasteiger partial charge in [-0.3, -0.25) is 5.32 Å². The molecule has 1 aliphatic rings. The van der Waals surface area contributed by atoms with Gasteiger partial charge in [0, 0.05) is 16.2 Å². The maximum Gasteiger partial charge on any atom is 0.108 e. The highest BCUT2D eigenvalue weighted by Gasteiger charge is 2.39. The molecule has 18 heavy (non-hydrogen) atoms. The van der Waals surface area contributed by atoms with E-state index in [-0.39, 0.29) is 5.54 Å². The van der Waals surface area contributed by atoms with Gasteiger partial charge < -0.3 is 0 Å². The smallest absolute Gasteiger partial charge is 0.108 e. The van der Waals surface area contributed by atoms with E-state index < -0.39 is 0 Å². The molecule has 2 unspecified atom stereocenters. The maximum atomic E-state index is 9.43. The Morgan fingerprint density at radius 1 is 1.39 bits per heavy atom. The van der Waals surface area contributed by atoms with Gasteiger partial charge in [0.15, 0.2) is 0 Å². The predicted octanol–water partition coefficient (Wildman–Crippen LogP) is 3.59. The van der Waals surface area contributed by atoms with Gasteiger partial charge in [-0.25, -0.2) is 0 Å². The molecule has 1 N–H and O–H groups in total. The van der Waals surface area contributed by atoms with E-state index in [1.54, 1.807) is 0 Å². The summed E-state index contributed by atoms with van der Waals surface area (Å²) in [5.74, 6) is 0. The van der Waals surface area contributed by atoms with Crippen LogP contribution in [0.2, 0.25) is 0 Å². The molecule has 0 amide bonds. The normalized spacial score (nSPS) is 27.3. The monoisotopic (exact) mass is 260 g/mol. The molecule has 1 fully saturated rings. The first kappa shape index (κ1) is 13.5. The fraction of sp³-hybridized carbons (Fsp3) is 0.533. The van der Waals surface area contributed by atoms with Crippen molar-refractivity contribution in [2.45, 2.75) is 54.8 Å². The second-order valence-electron chi connectivity index (χ2n) is 5.29. The van der Waals surface area contributed by atoms with Crippen molar-refractivity contribution in [3.05, 3.63) is 30.3 Å². The van der Waals surface area contributed by atoms with Crippen LogP contribution in [0, 0.1) is 11.3 Å². The van der Waals surface area contributed by atoms with Crippen molar-refractivity contribution < 1.29 is 0 Å². The molecular formula is C15H20N2S. The molecule has 2 rings (SSSR count). The fourth-order valence-corrected chi connectivity index (χ4v) is 3.91. The van der Waals surface area contributed by atoms with Gasteiger partial charge >= 0.3 is 0 Å². The van der Waals surface area contributed by atoms with Crippen LogP contribution in [0.4, 0.5) is 0 Å². The van der Waals surface area contributed by atoms with E-state index in [1.165, 1.54) is 4.90 Å². The maximum absolute atomic E-state index is 9.43. The minimum Gasteiger partial charge on any atom is -0.297 e. The minimum absolute atomic E-state index is 0.305. The standard InChI is InChI=1S/C15H20N2S/c1-12(2)17-15(11-16)9-8-14(10-15)18-13-6-4-3-5-7-13/h3-7,12,14,17H,8-10H2,1-2H3. The summed E-state index contributed by atoms with van der Waals surface area (Å²) in [4.78, 5) is 1.31. The van der Waals surface area contributed by atoms with Crippen molar-refractivity contribution in [3.8, 4) is 6.07 Å². The van der Waals surface area contributed by atoms with Crippen LogP contribution >= 0.6 is 11.8 Å². The van der Waals surface area contributed by atoms with E-state index in [9.17, 15) is 5.26 Å². The number of rotatable bonds is 4. The van der Waals surface area contributed by atoms with Crippen molar-refractivity contribution in [1.82, 2.24) is 5.32 Å². The third-order valence-corrected chi connectivity index (χ3v) is 4.57. The molecule has 1 aromatic rings. The molecule has 1 aliphatic carbocycles. The van der Waals surface area contributed by atoms with Crippen LogP contribution < -0.4 is 5.32 Å². The van der Waals surface area contributed by atoms with E-state index in [1.807, 2.05) is 17.8 Å². The molecule has 0 radical (unpaired) electrons. The van der Waals surface area contributed by atoms with Crippen LogP contribution in [-0.4, -0.2) is 16.8 Å². The molecular weight excluding hydrogens is 240 g/mol. The minimum atomic E-state index is -0.305. The highest BCUT2D eigenvalue weighted by Crippen LogP contribution is 2.40. The molecule has 2 atom stereocenters. The summed E-state index contributed by atoms with van der Waals surface area (Å²) < 4.78 is 0. The first-order valence-corrected chi connectivity index (χ1v) is 7.42. The second kappa shape index (κ2) is 5.77. The zero-order valence-corrected chi connectivity index (χ0v) is 11.8. The molecule has 0 bridgehead atoms. The van der Waals surface area contributed by atoms with Gasteiger partial charge in [0.1, 0.15) is 5.54 Å². The van der Waals surface area contributed by atoms with Crippen LogP contribution in [0.25, 0.3) is 0 Å². The van der Waals surface area contributed by atoms with Crippen molar-refractivity contribution >= 4 is 11.8 Å². The van der Waals surface area contributed by atoms with Crippen molar-refractivity contribution in [3.63, 3.8) is 0 Å². The lowest BCUT2D eigenvalue weighted by Crippen LogP contribution is -2.45. The van der Waals surface area contributed by atoms with E-state index >= 15 is 0 Å². The second-order valence-corrected chi connectivity index (χ2v) is 6.66. The molecule has 96 valence electrons. The Morgan fingerprint density at radius 2 is 2.11 bits per heavy atom. The van der Waals surface area contributed by atoms with Crippen LogP contribution in [0.3, 0.4) is 0 Å². The summed E-state index contributed by atoms with van der Waals surface area (Å²) in [6.07, 6.45) is 3.03. The lowest BCUT2D eigenvalue weighted by Gasteiger charge is -2.25. The van der Waals surface area contributed by atoms with Crippen LogP contribution in [-0.2, 0) is 0 Å². The van der Waals surface area contributed by atoms with E-state index in [0.717, 1.165) is 19.3 Å². The Balaban J connectivity index is 1.97. The Labute approximate surface area is 114 Å². The lowest BCUT2D eigenvalue weighted by atomic mass is 9.99. The largest absolute Gasteiger partial charge is 0.297 e. The van der Waals surface area contributed by atoms with E-state index in [4.69, 9.17) is 0 Å². The summed E-state index contributed by atoms with van der Waals surface area (Å²) >= 11 is 1.90. The van der Waals surface area contributed by atoms with Gasteiger partial charge in [0.05, 0.1) is 6.07 Å². The molecule has 0 spiro atoms. The zero-order valence-electron chi connectivity index (χ0n) is 11.0. The van der Waals surface area contributed by atoms with Gasteiger partial charge in [0.25, 0.3) is 0 Å². The summed E-state index contributed by atoms with van der Waals surface area (Å²) in [6, 6.07) is 13.3. The topological polar surface area (TPSA) is 35.8 Å². The summed E-state index contributed by atoms with van der Waals surface area (Å²) in [6.45, 7) is 4.22. The van der Waals surface area contributed by atoms with Crippen LogP contribution in [0.1, 0.15) is 33.1 Å². The Kier molecular flexibility index (Phi) is 4.31. The Hall–Kier alpha value is -0.980. The number of nitrogens with one attached hydrogen (secondary N) is 1. The predicted molar refractivity (Wildman–Crippen MR) is 76.6 cm³/mol. The molecule has 0 saturated heterocycles. The van der Waals surface area contributed by atoms with E-state index in [0.29, 0.717) is 11.3 Å². The first-order chi connectivity index (χ1) is 8.63. The molecule has 2 nitrogen and oxygen atoms in total. The first-order valence-electron chi connectivity index (χ1n) is 6.54. The van der Waals surface area contributed by atoms with Crippen molar-refractivity contribution in [2.24, 2.45) is 0 Å². The van der Waals surface area contributed by atoms with E-state index in [2.05, 4.69) is 49.5 Å². The molecule has 1 aromatic carbocycles. The number of hydrogen-bond acceptors (Lipinski definition) is 3. The van der Waals surface area contributed by atoms with Crippen molar-refractivity contribution in [1.29, 1.82) is 5.26 Å². The van der Waals surface area contributed by atoms with Gasteiger partial charge in [-0.1, -0.05) is 18.2 Å². The molecule has 3 heteroatoms. The number of nitrogens with zero attached hydrogens (tertiary/aromatic N) is 1. The highest BCUT2D eigenvalue weighted by atomic mass is 32.2. The number of hydrogen-bond donors (Lipinski definition) is 1. The molecule has 0 aromatic heterocycles. The SMILES string of the molecule is CC(C)NC1(C#N)CCC(Sc2ccccc2)C1. The highest BCUT2D eigenvalue weighted by molar-refractivity contribution is 8.00. The Bertz CT molecular complexity index is 424. The quantitative estimate of drug-likeness (QED) is 0.898. The molecule has 0 heterocycles. The average molecular weight is 260 g/mol. The number of nitriles is 1. The van der Waals surface area contributed by atoms with Gasteiger partial charge in [-0.2, -0.15) is 5.26 Å². The summed E-state index contributed by atoms with van der Waals surface area (Å²) in [5, 5.41) is 13.4. The van der Waals surface area contributed by atoms with Gasteiger partial charge in [0.2, 0.25) is 0 Å². The van der Waals surface area contributed by atoms with Crippen LogP contribution in [0.5, 0.6) is 0 Å². The number of thioether (sulfide) groups is 1. The van der Waals surface area contributed by atoms with Gasteiger partial charge in [-0.05, 0) is 45.2 Å². The fourth-order valence-electron chi connectivity index (χ4n) is 2.61. The van der Waals surface area contributed by atoms with Crippen molar-refractivity contribution in [2.75, 3.05) is 0 Å². The average Bonchev–Trinajstić information content (AvgIpc) is 2.73. The third kappa shape index (κ3) is 3.28. The number of benzene rings is 1. The summed E-state index contributed by atoms with van der Waals surface area (Å²) in [7, 11) is 0. The zero-order chi connectivity index (χ0) is 13.0. The molecule has 0 aliphatic heterocycles. The third-order valence-electron chi connectivity index (χ3n) is 3.29. The van der Waals surface area contributed by atoms with Crippen LogP contribution in [0.15, 0.2) is 35.2 Å². The Morgan fingerprint density at radius 3 is 2.72 bits per heavy atom.